The van der Waals surface area contributed by atoms with Crippen molar-refractivity contribution in [1.82, 2.24) is 20.1 Å². The van der Waals surface area contributed by atoms with Crippen LogP contribution in [-0.2, 0) is 0 Å². The van der Waals surface area contributed by atoms with Gasteiger partial charge in [0.05, 0.1) is 19.2 Å². The summed E-state index contributed by atoms with van der Waals surface area (Å²) in [5, 5.41) is 12.9. The Hall–Kier alpha value is -2.61. The van der Waals surface area contributed by atoms with Gasteiger partial charge in [-0.1, -0.05) is 31.9 Å². The molecule has 1 aromatic heterocycles. The fourth-order valence-corrected chi connectivity index (χ4v) is 4.33. The minimum Gasteiger partial charge on any atom is -0.472 e. The molecule has 3 atom stereocenters. The first kappa shape index (κ1) is 24.0. The molecule has 0 bridgehead atoms. The molecule has 3 rings (SSSR count). The van der Waals surface area contributed by atoms with Crippen molar-refractivity contribution in [1.29, 1.82) is 0 Å². The number of ether oxygens (including phenoxy) is 1. The molecule has 8 nitrogen and oxygen atoms in total. The number of fused-ring (bicyclic) bond motifs is 1. The monoisotopic (exact) mass is 444 g/mol. The fourth-order valence-electron chi connectivity index (χ4n) is 4.33. The molecule has 8 heteroatoms. The summed E-state index contributed by atoms with van der Waals surface area (Å²) in [5.74, 6) is -0.0163. The van der Waals surface area contributed by atoms with Crippen LogP contribution in [0.25, 0.3) is 6.08 Å². The standard InChI is InChI=1S/C24H36N4O4/c1-5-8-18-11-20-22(25-12-18)32-21(16(2)13-28(23(20)30)17(3)15-29)14-27(4)24(31)26-19-9-6-7-10-19/h5,8,11-12,16-17,19,21,29H,6-7,9-10,13-15H2,1-4H3,(H,26,31)/b8-5+/t16-,17-,21+/m1/s1. The Morgan fingerprint density at radius 3 is 2.81 bits per heavy atom. The number of allylic oxidation sites excluding steroid dienone is 1. The van der Waals surface area contributed by atoms with E-state index in [9.17, 15) is 14.7 Å². The molecule has 0 spiro atoms. The number of pyridine rings is 1. The molecule has 0 radical (unpaired) electrons. The summed E-state index contributed by atoms with van der Waals surface area (Å²) in [4.78, 5) is 33.8. The first-order valence-corrected chi connectivity index (χ1v) is 11.6. The second-order valence-corrected chi connectivity index (χ2v) is 9.06. The van der Waals surface area contributed by atoms with E-state index in [2.05, 4.69) is 10.3 Å². The van der Waals surface area contributed by atoms with Crippen LogP contribution in [0.2, 0.25) is 0 Å². The number of nitrogens with one attached hydrogen (secondary N) is 1. The first-order chi connectivity index (χ1) is 15.3. The van der Waals surface area contributed by atoms with Crippen molar-refractivity contribution in [3.05, 3.63) is 29.5 Å². The van der Waals surface area contributed by atoms with Crippen molar-refractivity contribution >= 4 is 18.0 Å². The summed E-state index contributed by atoms with van der Waals surface area (Å²) >= 11 is 0. The third-order valence-corrected chi connectivity index (χ3v) is 6.38. The van der Waals surface area contributed by atoms with E-state index in [0.29, 0.717) is 18.7 Å². The van der Waals surface area contributed by atoms with Gasteiger partial charge in [-0.2, -0.15) is 0 Å². The maximum absolute atomic E-state index is 13.3. The normalized spacial score (nSPS) is 22.8. The second kappa shape index (κ2) is 10.8. The highest BCUT2D eigenvalue weighted by Gasteiger charge is 2.34. The van der Waals surface area contributed by atoms with Crippen molar-refractivity contribution in [3.63, 3.8) is 0 Å². The van der Waals surface area contributed by atoms with Gasteiger partial charge < -0.3 is 25.0 Å². The van der Waals surface area contributed by atoms with Gasteiger partial charge in [0.15, 0.2) is 0 Å². The average Bonchev–Trinajstić information content (AvgIpc) is 3.29. The molecule has 2 N–H and O–H groups in total. The van der Waals surface area contributed by atoms with E-state index in [0.717, 1.165) is 31.2 Å². The van der Waals surface area contributed by atoms with Crippen molar-refractivity contribution < 1.29 is 19.4 Å². The number of hydrogen-bond donors (Lipinski definition) is 2. The minimum atomic E-state index is -0.352. The number of aliphatic hydroxyl groups is 1. The summed E-state index contributed by atoms with van der Waals surface area (Å²) in [6, 6.07) is 1.56. The summed E-state index contributed by atoms with van der Waals surface area (Å²) in [5.41, 5.74) is 1.17. The van der Waals surface area contributed by atoms with Crippen molar-refractivity contribution in [3.8, 4) is 5.88 Å². The molecule has 1 saturated carbocycles. The van der Waals surface area contributed by atoms with Gasteiger partial charge in [0, 0.05) is 31.7 Å². The van der Waals surface area contributed by atoms with Crippen LogP contribution in [0, 0.1) is 5.92 Å². The number of amides is 3. The number of rotatable bonds is 6. The number of carbonyl (C=O) groups is 2. The lowest BCUT2D eigenvalue weighted by Gasteiger charge is -2.37. The van der Waals surface area contributed by atoms with Gasteiger partial charge in [-0.3, -0.25) is 4.79 Å². The van der Waals surface area contributed by atoms with Gasteiger partial charge in [0.1, 0.15) is 11.7 Å². The lowest BCUT2D eigenvalue weighted by molar-refractivity contribution is 0.0351. The van der Waals surface area contributed by atoms with Crippen molar-refractivity contribution in [2.45, 2.75) is 64.6 Å². The highest BCUT2D eigenvalue weighted by Crippen LogP contribution is 2.28. The van der Waals surface area contributed by atoms with Crippen LogP contribution in [-0.4, -0.2) is 76.8 Å². The van der Waals surface area contributed by atoms with E-state index >= 15 is 0 Å². The zero-order chi connectivity index (χ0) is 23.3. The Morgan fingerprint density at radius 2 is 2.16 bits per heavy atom. The molecule has 3 amide bonds. The van der Waals surface area contributed by atoms with E-state index < -0.39 is 0 Å². The Labute approximate surface area is 190 Å². The average molecular weight is 445 g/mol. The molecule has 1 aliphatic heterocycles. The van der Waals surface area contributed by atoms with Crippen LogP contribution in [0.4, 0.5) is 4.79 Å². The quantitative estimate of drug-likeness (QED) is 0.704. The molecule has 2 heterocycles. The number of likely N-dealkylation sites (N-methyl/N-ethyl adjacent to an activating group) is 1. The van der Waals surface area contributed by atoms with Crippen LogP contribution in [0.5, 0.6) is 5.88 Å². The van der Waals surface area contributed by atoms with Crippen LogP contribution < -0.4 is 10.1 Å². The molecule has 176 valence electrons. The lowest BCUT2D eigenvalue weighted by atomic mass is 10.00. The molecule has 2 aliphatic rings. The van der Waals surface area contributed by atoms with Crippen LogP contribution in [0.1, 0.15) is 62.4 Å². The number of aromatic nitrogens is 1. The topological polar surface area (TPSA) is 95.0 Å². The second-order valence-electron chi connectivity index (χ2n) is 9.06. The number of hydrogen-bond acceptors (Lipinski definition) is 5. The molecule has 1 aliphatic carbocycles. The maximum Gasteiger partial charge on any atom is 0.317 e. The Bertz CT molecular complexity index is 837. The molecular weight excluding hydrogens is 408 g/mol. The largest absolute Gasteiger partial charge is 0.472 e. The van der Waals surface area contributed by atoms with Gasteiger partial charge in [0.25, 0.3) is 5.91 Å². The zero-order valence-electron chi connectivity index (χ0n) is 19.6. The fraction of sp³-hybridized carbons (Fsp3) is 0.625. The Morgan fingerprint density at radius 1 is 1.44 bits per heavy atom. The van der Waals surface area contributed by atoms with Gasteiger partial charge in [-0.15, -0.1) is 0 Å². The minimum absolute atomic E-state index is 0.0696. The van der Waals surface area contributed by atoms with E-state index in [4.69, 9.17) is 4.74 Å². The highest BCUT2D eigenvalue weighted by atomic mass is 16.5. The molecular formula is C24H36N4O4. The van der Waals surface area contributed by atoms with Crippen LogP contribution in [0.15, 0.2) is 18.3 Å². The number of urea groups is 1. The maximum atomic E-state index is 13.3. The van der Waals surface area contributed by atoms with Crippen molar-refractivity contribution in [2.24, 2.45) is 5.92 Å². The molecule has 1 fully saturated rings. The van der Waals surface area contributed by atoms with Gasteiger partial charge in [0.2, 0.25) is 5.88 Å². The van der Waals surface area contributed by atoms with Crippen LogP contribution >= 0.6 is 0 Å². The Balaban J connectivity index is 1.85. The van der Waals surface area contributed by atoms with E-state index in [1.54, 1.807) is 29.1 Å². The third-order valence-electron chi connectivity index (χ3n) is 6.38. The van der Waals surface area contributed by atoms with Gasteiger partial charge in [-0.05, 0) is 38.3 Å². The SMILES string of the molecule is C/C=C/c1cnc2c(c1)C(=O)N([C@H](C)CO)C[C@@H](C)[C@H](CN(C)C(=O)NC1CCCC1)O2. The summed E-state index contributed by atoms with van der Waals surface area (Å²) in [6.07, 6.45) is 9.44. The van der Waals surface area contributed by atoms with E-state index in [1.165, 1.54) is 0 Å². The van der Waals surface area contributed by atoms with Gasteiger partial charge >= 0.3 is 6.03 Å². The van der Waals surface area contributed by atoms with Crippen molar-refractivity contribution in [2.75, 3.05) is 26.7 Å². The molecule has 32 heavy (non-hydrogen) atoms. The molecule has 0 aromatic carbocycles. The summed E-state index contributed by atoms with van der Waals surface area (Å²) in [6.45, 7) is 6.37. The first-order valence-electron chi connectivity index (χ1n) is 11.6. The summed E-state index contributed by atoms with van der Waals surface area (Å²) < 4.78 is 6.24. The predicted molar refractivity (Wildman–Crippen MR) is 124 cm³/mol. The highest BCUT2D eigenvalue weighted by molar-refractivity contribution is 5.97. The number of nitrogens with zero attached hydrogens (tertiary/aromatic N) is 3. The summed E-state index contributed by atoms with van der Waals surface area (Å²) in [7, 11) is 1.77. The Kier molecular flexibility index (Phi) is 8.12. The smallest absolute Gasteiger partial charge is 0.317 e. The number of aliphatic hydroxyl groups excluding tert-OH is 1. The van der Waals surface area contributed by atoms with E-state index in [-0.39, 0.29) is 48.5 Å². The lowest BCUT2D eigenvalue weighted by Crippen LogP contribution is -2.52. The third kappa shape index (κ3) is 5.59. The molecule has 1 aromatic rings. The molecule has 0 unspecified atom stereocenters. The van der Waals surface area contributed by atoms with Crippen LogP contribution in [0.3, 0.4) is 0 Å². The van der Waals surface area contributed by atoms with Gasteiger partial charge in [-0.25, -0.2) is 9.78 Å². The number of carbonyl (C=O) groups excluding carboxylic acids is 2. The molecule has 0 saturated heterocycles. The predicted octanol–water partition coefficient (Wildman–Crippen LogP) is 2.92. The zero-order valence-corrected chi connectivity index (χ0v) is 19.6. The van der Waals surface area contributed by atoms with E-state index in [1.807, 2.05) is 32.9 Å².